The highest BCUT2D eigenvalue weighted by Crippen LogP contribution is 2.27. The van der Waals surface area contributed by atoms with Crippen LogP contribution in [0.25, 0.3) is 0 Å². The lowest BCUT2D eigenvalue weighted by Crippen LogP contribution is -2.15. The maximum Gasteiger partial charge on any atom is 0.265 e. The minimum absolute atomic E-state index is 0.120. The summed E-state index contributed by atoms with van der Waals surface area (Å²) >= 11 is 0. The van der Waals surface area contributed by atoms with E-state index in [-0.39, 0.29) is 10.6 Å². The van der Waals surface area contributed by atoms with Gasteiger partial charge in [-0.05, 0) is 36.6 Å². The maximum atomic E-state index is 12.4. The number of aromatic hydroxyl groups is 1. The summed E-state index contributed by atoms with van der Waals surface area (Å²) in [6, 6.07) is 11.5. The van der Waals surface area contributed by atoms with E-state index in [1.54, 1.807) is 12.1 Å². The largest absolute Gasteiger partial charge is 0.507 e. The molecule has 0 spiro atoms. The van der Waals surface area contributed by atoms with Gasteiger partial charge in [0.15, 0.2) is 0 Å². The molecule has 2 aromatic rings. The van der Waals surface area contributed by atoms with Crippen LogP contribution in [0, 0.1) is 6.92 Å². The molecule has 0 atom stereocenters. The van der Waals surface area contributed by atoms with Crippen LogP contribution in [0.4, 0.5) is 5.69 Å². The first-order chi connectivity index (χ1) is 9.45. The molecule has 0 saturated carbocycles. The molecule has 0 unspecified atom stereocenters. The molecule has 2 N–H and O–H groups in total. The van der Waals surface area contributed by atoms with Crippen LogP contribution >= 0.6 is 0 Å². The average molecular weight is 291 g/mol. The fourth-order valence-corrected chi connectivity index (χ4v) is 3.31. The van der Waals surface area contributed by atoms with E-state index in [4.69, 9.17) is 0 Å². The third-order valence-electron chi connectivity index (χ3n) is 3.13. The van der Waals surface area contributed by atoms with Crippen LogP contribution in [0.15, 0.2) is 47.4 Å². The first-order valence-electron chi connectivity index (χ1n) is 6.35. The minimum atomic E-state index is -3.80. The van der Waals surface area contributed by atoms with Gasteiger partial charge < -0.3 is 5.11 Å². The summed E-state index contributed by atoms with van der Waals surface area (Å²) < 4.78 is 27.3. The highest BCUT2D eigenvalue weighted by Gasteiger charge is 2.20. The van der Waals surface area contributed by atoms with E-state index in [0.717, 1.165) is 17.5 Å². The molecule has 0 aliphatic rings. The number of hydrogen-bond acceptors (Lipinski definition) is 3. The lowest BCUT2D eigenvalue weighted by molar-refractivity contribution is 0.459. The molecule has 5 heteroatoms. The van der Waals surface area contributed by atoms with Crippen LogP contribution in [-0.2, 0) is 16.4 Å². The second kappa shape index (κ2) is 5.54. The number of para-hydroxylation sites is 2. The van der Waals surface area contributed by atoms with E-state index in [0.29, 0.717) is 5.69 Å². The third-order valence-corrected chi connectivity index (χ3v) is 4.53. The molecule has 2 aromatic carbocycles. The summed E-state index contributed by atoms with van der Waals surface area (Å²) in [5, 5.41) is 9.70. The molecule has 0 aromatic heterocycles. The van der Waals surface area contributed by atoms with Crippen LogP contribution in [0.3, 0.4) is 0 Å². The monoisotopic (exact) mass is 291 g/mol. The number of sulfonamides is 1. The van der Waals surface area contributed by atoms with Crippen LogP contribution in [0.2, 0.25) is 0 Å². The Labute approximate surface area is 119 Å². The summed E-state index contributed by atoms with van der Waals surface area (Å²) in [6.07, 6.45) is 0.723. The Bertz CT molecular complexity index is 724. The van der Waals surface area contributed by atoms with Gasteiger partial charge in [-0.1, -0.05) is 37.3 Å². The Kier molecular flexibility index (Phi) is 3.99. The van der Waals surface area contributed by atoms with Crippen LogP contribution in [0.1, 0.15) is 18.1 Å². The van der Waals surface area contributed by atoms with Crippen LogP contribution in [0.5, 0.6) is 5.75 Å². The Balaban J connectivity index is 2.47. The van der Waals surface area contributed by atoms with E-state index < -0.39 is 10.0 Å². The molecule has 4 nitrogen and oxygen atoms in total. The second-order valence-corrected chi connectivity index (χ2v) is 6.19. The SMILES string of the molecule is CCc1cccc(C)c1NS(=O)(=O)c1ccccc1O. The molecule has 0 heterocycles. The number of rotatable bonds is 4. The fourth-order valence-electron chi connectivity index (χ4n) is 2.04. The molecule has 106 valence electrons. The van der Waals surface area contributed by atoms with Crippen molar-refractivity contribution in [3.05, 3.63) is 53.6 Å². The van der Waals surface area contributed by atoms with Crippen molar-refractivity contribution in [1.29, 1.82) is 0 Å². The summed E-state index contributed by atoms with van der Waals surface area (Å²) in [5.41, 5.74) is 2.35. The molecule has 2 rings (SSSR count). The minimum Gasteiger partial charge on any atom is -0.507 e. The normalized spacial score (nSPS) is 11.3. The van der Waals surface area contributed by atoms with E-state index in [1.165, 1.54) is 12.1 Å². The number of anilines is 1. The van der Waals surface area contributed by atoms with E-state index in [9.17, 15) is 13.5 Å². The van der Waals surface area contributed by atoms with Crippen molar-refractivity contribution >= 4 is 15.7 Å². The van der Waals surface area contributed by atoms with Crippen LogP contribution in [-0.4, -0.2) is 13.5 Å². The third kappa shape index (κ3) is 2.77. The van der Waals surface area contributed by atoms with Gasteiger partial charge in [0.1, 0.15) is 10.6 Å². The first-order valence-corrected chi connectivity index (χ1v) is 7.83. The van der Waals surface area contributed by atoms with Gasteiger partial charge in [-0.25, -0.2) is 8.42 Å². The molecule has 0 fully saturated rings. The average Bonchev–Trinajstić information content (AvgIpc) is 2.41. The zero-order chi connectivity index (χ0) is 14.8. The molecule has 0 aliphatic carbocycles. The van der Waals surface area contributed by atoms with Gasteiger partial charge in [0, 0.05) is 0 Å². The first kappa shape index (κ1) is 14.4. The summed E-state index contributed by atoms with van der Waals surface area (Å²) in [4.78, 5) is -0.120. The number of nitrogens with one attached hydrogen (secondary N) is 1. The van der Waals surface area contributed by atoms with E-state index in [1.807, 2.05) is 32.0 Å². The van der Waals surface area contributed by atoms with Crippen molar-refractivity contribution in [3.8, 4) is 5.75 Å². The van der Waals surface area contributed by atoms with Crippen molar-refractivity contribution in [1.82, 2.24) is 0 Å². The summed E-state index contributed by atoms with van der Waals surface area (Å²) in [6.45, 7) is 3.81. The van der Waals surface area contributed by atoms with Crippen molar-refractivity contribution in [2.75, 3.05) is 4.72 Å². The molecular weight excluding hydrogens is 274 g/mol. The standard InChI is InChI=1S/C15H17NO3S/c1-3-12-8-6-7-11(2)15(12)16-20(18,19)14-10-5-4-9-13(14)17/h4-10,16-17H,3H2,1-2H3. The number of phenolic OH excluding ortho intramolecular Hbond substituents is 1. The van der Waals surface area contributed by atoms with Gasteiger partial charge in [0.2, 0.25) is 0 Å². The lowest BCUT2D eigenvalue weighted by atomic mass is 10.1. The zero-order valence-corrected chi connectivity index (χ0v) is 12.2. The lowest BCUT2D eigenvalue weighted by Gasteiger charge is -2.15. The highest BCUT2D eigenvalue weighted by molar-refractivity contribution is 7.92. The number of benzene rings is 2. The van der Waals surface area contributed by atoms with Crippen molar-refractivity contribution in [2.24, 2.45) is 0 Å². The van der Waals surface area contributed by atoms with Gasteiger partial charge in [-0.2, -0.15) is 0 Å². The molecule has 0 aliphatic heterocycles. The predicted molar refractivity (Wildman–Crippen MR) is 79.5 cm³/mol. The maximum absolute atomic E-state index is 12.4. The van der Waals surface area contributed by atoms with Crippen molar-refractivity contribution in [2.45, 2.75) is 25.2 Å². The van der Waals surface area contributed by atoms with Gasteiger partial charge in [0.25, 0.3) is 10.0 Å². The van der Waals surface area contributed by atoms with Gasteiger partial charge in [-0.15, -0.1) is 0 Å². The van der Waals surface area contributed by atoms with E-state index in [2.05, 4.69) is 4.72 Å². The molecule has 0 saturated heterocycles. The van der Waals surface area contributed by atoms with Gasteiger partial charge >= 0.3 is 0 Å². The Morgan fingerprint density at radius 3 is 2.45 bits per heavy atom. The van der Waals surface area contributed by atoms with Crippen molar-refractivity contribution in [3.63, 3.8) is 0 Å². The molecule has 0 bridgehead atoms. The van der Waals surface area contributed by atoms with E-state index >= 15 is 0 Å². The number of phenols is 1. The Morgan fingerprint density at radius 1 is 1.10 bits per heavy atom. The molecule has 0 amide bonds. The quantitative estimate of drug-likeness (QED) is 0.909. The second-order valence-electron chi connectivity index (χ2n) is 4.54. The predicted octanol–water partition coefficient (Wildman–Crippen LogP) is 3.06. The summed E-state index contributed by atoms with van der Waals surface area (Å²) in [7, 11) is -3.80. The van der Waals surface area contributed by atoms with Crippen LogP contribution < -0.4 is 4.72 Å². The highest BCUT2D eigenvalue weighted by atomic mass is 32.2. The van der Waals surface area contributed by atoms with Gasteiger partial charge in [0.05, 0.1) is 5.69 Å². The topological polar surface area (TPSA) is 66.4 Å². The molecule has 0 radical (unpaired) electrons. The molecular formula is C15H17NO3S. The van der Waals surface area contributed by atoms with Crippen molar-refractivity contribution < 1.29 is 13.5 Å². The Hall–Kier alpha value is -2.01. The number of aryl methyl sites for hydroxylation is 2. The smallest absolute Gasteiger partial charge is 0.265 e. The molecule has 20 heavy (non-hydrogen) atoms. The van der Waals surface area contributed by atoms with Gasteiger partial charge in [-0.3, -0.25) is 4.72 Å². The fraction of sp³-hybridized carbons (Fsp3) is 0.200. The number of hydrogen-bond donors (Lipinski definition) is 2. The summed E-state index contributed by atoms with van der Waals surface area (Å²) in [5.74, 6) is -0.258. The Morgan fingerprint density at radius 2 is 1.80 bits per heavy atom. The zero-order valence-electron chi connectivity index (χ0n) is 11.4.